The van der Waals surface area contributed by atoms with Crippen LogP contribution in [0.3, 0.4) is 0 Å². The summed E-state index contributed by atoms with van der Waals surface area (Å²) in [5.41, 5.74) is 2.15. The Kier molecular flexibility index (Phi) is 4.25. The Balaban J connectivity index is 1.67. The second kappa shape index (κ2) is 7.08. The van der Waals surface area contributed by atoms with Crippen LogP contribution in [0.1, 0.15) is 11.5 Å². The molecule has 0 saturated carbocycles. The lowest BCUT2D eigenvalue weighted by molar-refractivity contribution is 0.400. The maximum absolute atomic E-state index is 12.9. The van der Waals surface area contributed by atoms with E-state index in [4.69, 9.17) is 18.3 Å². The molecule has 0 aliphatic rings. The molecule has 0 bridgehead atoms. The number of pyridine rings is 1. The molecule has 3 heterocycles. The van der Waals surface area contributed by atoms with E-state index in [1.807, 2.05) is 36.4 Å². The van der Waals surface area contributed by atoms with Gasteiger partial charge in [0, 0.05) is 11.5 Å². The molecule has 0 unspecified atom stereocenters. The summed E-state index contributed by atoms with van der Waals surface area (Å²) in [6.45, 7) is 0. The predicted molar refractivity (Wildman–Crippen MR) is 116 cm³/mol. The first kappa shape index (κ1) is 18.0. The van der Waals surface area contributed by atoms with Gasteiger partial charge in [0.2, 0.25) is 5.75 Å². The molecule has 0 N–H and O–H groups in total. The highest BCUT2D eigenvalue weighted by molar-refractivity contribution is 6.06. The van der Waals surface area contributed by atoms with Gasteiger partial charge in [0.25, 0.3) is 0 Å². The number of hydrogen-bond acceptors (Lipinski definition) is 6. The highest BCUT2D eigenvalue weighted by Crippen LogP contribution is 2.42. The van der Waals surface area contributed by atoms with Gasteiger partial charge in [0.15, 0.2) is 16.6 Å². The van der Waals surface area contributed by atoms with Crippen molar-refractivity contribution >= 4 is 45.0 Å². The van der Waals surface area contributed by atoms with Gasteiger partial charge >= 0.3 is 0 Å². The Morgan fingerprint density at radius 3 is 2.60 bits per heavy atom. The third-order valence-corrected chi connectivity index (χ3v) is 4.96. The summed E-state index contributed by atoms with van der Waals surface area (Å²) in [6, 6.07) is 14.9. The van der Waals surface area contributed by atoms with Gasteiger partial charge in [-0.1, -0.05) is 24.3 Å². The van der Waals surface area contributed by atoms with Crippen molar-refractivity contribution in [3.05, 3.63) is 76.5 Å². The Labute approximate surface area is 171 Å². The van der Waals surface area contributed by atoms with Crippen LogP contribution in [0, 0.1) is 0 Å². The molecule has 2 aromatic carbocycles. The fraction of sp³-hybridized carbons (Fsp3) is 0.0833. The highest BCUT2D eigenvalue weighted by atomic mass is 16.5. The summed E-state index contributed by atoms with van der Waals surface area (Å²) in [6.07, 6.45) is 5.02. The van der Waals surface area contributed by atoms with E-state index >= 15 is 0 Å². The Morgan fingerprint density at radius 1 is 0.933 bits per heavy atom. The molecule has 5 aromatic rings. The molecule has 0 atom stereocenters. The quantitative estimate of drug-likeness (QED) is 0.410. The van der Waals surface area contributed by atoms with Crippen LogP contribution in [0.2, 0.25) is 0 Å². The number of ether oxygens (including phenoxy) is 2. The van der Waals surface area contributed by atoms with Gasteiger partial charge in [-0.05, 0) is 30.4 Å². The number of aromatic nitrogens is 1. The van der Waals surface area contributed by atoms with Crippen LogP contribution in [-0.2, 0) is 0 Å². The minimum atomic E-state index is -0.236. The summed E-state index contributed by atoms with van der Waals surface area (Å²) >= 11 is 0. The number of nitrogens with zero attached hydrogens (tertiary/aromatic N) is 1. The molecular weight excluding hydrogens is 382 g/mol. The third-order valence-electron chi connectivity index (χ3n) is 4.96. The minimum absolute atomic E-state index is 0.236. The second-order valence-corrected chi connectivity index (χ2v) is 6.71. The zero-order valence-electron chi connectivity index (χ0n) is 16.3. The van der Waals surface area contributed by atoms with E-state index in [0.29, 0.717) is 33.6 Å². The van der Waals surface area contributed by atoms with Crippen molar-refractivity contribution in [2.45, 2.75) is 0 Å². The van der Waals surface area contributed by atoms with Crippen molar-refractivity contribution < 1.29 is 18.3 Å². The number of rotatable bonds is 4. The minimum Gasteiger partial charge on any atom is -0.495 e. The van der Waals surface area contributed by atoms with E-state index in [-0.39, 0.29) is 11.0 Å². The molecule has 0 aliphatic heterocycles. The van der Waals surface area contributed by atoms with Gasteiger partial charge in [-0.3, -0.25) is 4.79 Å². The predicted octanol–water partition coefficient (Wildman–Crippen LogP) is 5.28. The highest BCUT2D eigenvalue weighted by Gasteiger charge is 2.22. The van der Waals surface area contributed by atoms with Crippen molar-refractivity contribution in [1.29, 1.82) is 0 Å². The van der Waals surface area contributed by atoms with Crippen LogP contribution < -0.4 is 14.9 Å². The first-order valence-corrected chi connectivity index (χ1v) is 9.32. The van der Waals surface area contributed by atoms with E-state index in [2.05, 4.69) is 4.98 Å². The van der Waals surface area contributed by atoms with E-state index in [0.717, 1.165) is 16.6 Å². The molecule has 0 saturated heterocycles. The van der Waals surface area contributed by atoms with Crippen molar-refractivity contribution in [3.8, 4) is 11.5 Å². The van der Waals surface area contributed by atoms with Gasteiger partial charge in [-0.2, -0.15) is 0 Å². The Bertz CT molecular complexity index is 1490. The average molecular weight is 399 g/mol. The van der Waals surface area contributed by atoms with Gasteiger partial charge < -0.3 is 18.3 Å². The fourth-order valence-corrected chi connectivity index (χ4v) is 3.61. The smallest absolute Gasteiger partial charge is 0.206 e. The summed E-state index contributed by atoms with van der Waals surface area (Å²) < 4.78 is 22.5. The summed E-state index contributed by atoms with van der Waals surface area (Å²) in [4.78, 5) is 17.5. The third kappa shape index (κ3) is 2.81. The lowest BCUT2D eigenvalue weighted by Crippen LogP contribution is -2.04. The van der Waals surface area contributed by atoms with Crippen LogP contribution >= 0.6 is 0 Å². The standard InChI is InChI=1S/C24H17NO5/c1-27-21-17-11-12-29-22(17)24(28-2)23-20(21)19(26)13-16(30-23)10-9-15-8-7-14-5-3-4-6-18(14)25-15/h3-13H,1-2H3/b10-9+. The van der Waals surface area contributed by atoms with Crippen molar-refractivity contribution in [2.75, 3.05) is 14.2 Å². The monoisotopic (exact) mass is 399 g/mol. The van der Waals surface area contributed by atoms with Crippen LogP contribution in [0.4, 0.5) is 0 Å². The molecule has 148 valence electrons. The van der Waals surface area contributed by atoms with Crippen molar-refractivity contribution in [1.82, 2.24) is 4.98 Å². The number of furan rings is 1. The molecule has 0 spiro atoms. The largest absolute Gasteiger partial charge is 0.495 e. The first-order valence-electron chi connectivity index (χ1n) is 9.32. The second-order valence-electron chi connectivity index (χ2n) is 6.71. The van der Waals surface area contributed by atoms with Crippen molar-refractivity contribution in [2.24, 2.45) is 0 Å². The zero-order valence-corrected chi connectivity index (χ0v) is 16.3. The average Bonchev–Trinajstić information content (AvgIpc) is 3.25. The van der Waals surface area contributed by atoms with E-state index in [9.17, 15) is 4.79 Å². The molecule has 6 heteroatoms. The van der Waals surface area contributed by atoms with Gasteiger partial charge in [-0.15, -0.1) is 0 Å². The van der Waals surface area contributed by atoms with E-state index < -0.39 is 0 Å². The molecule has 0 radical (unpaired) electrons. The number of para-hydroxylation sites is 1. The Hall–Kier alpha value is -4.06. The molecule has 0 fully saturated rings. The summed E-state index contributed by atoms with van der Waals surface area (Å²) in [7, 11) is 3.01. The molecule has 3 aromatic heterocycles. The topological polar surface area (TPSA) is 74.7 Å². The van der Waals surface area contributed by atoms with Crippen LogP contribution in [0.5, 0.6) is 11.5 Å². The van der Waals surface area contributed by atoms with Crippen LogP contribution in [0.25, 0.3) is 45.0 Å². The number of methoxy groups -OCH3 is 2. The molecule has 30 heavy (non-hydrogen) atoms. The molecule has 0 amide bonds. The SMILES string of the molecule is COc1c2occc2c(OC)c2c(=O)cc(/C=C/c3ccc4ccccc4n3)oc12. The lowest BCUT2D eigenvalue weighted by Gasteiger charge is -2.10. The number of fused-ring (bicyclic) bond motifs is 3. The number of hydrogen-bond donors (Lipinski definition) is 0. The molecule has 6 nitrogen and oxygen atoms in total. The normalized spacial score (nSPS) is 11.7. The maximum Gasteiger partial charge on any atom is 0.206 e. The number of benzene rings is 2. The Morgan fingerprint density at radius 2 is 1.77 bits per heavy atom. The maximum atomic E-state index is 12.9. The molecule has 0 aliphatic carbocycles. The molecule has 5 rings (SSSR count). The summed E-state index contributed by atoms with van der Waals surface area (Å²) in [5, 5.41) is 2.02. The van der Waals surface area contributed by atoms with Crippen molar-refractivity contribution in [3.63, 3.8) is 0 Å². The van der Waals surface area contributed by atoms with Gasteiger partial charge in [0.05, 0.1) is 37.1 Å². The van der Waals surface area contributed by atoms with Gasteiger partial charge in [0.1, 0.15) is 16.9 Å². The van der Waals surface area contributed by atoms with Gasteiger partial charge in [-0.25, -0.2) is 4.98 Å². The van der Waals surface area contributed by atoms with Crippen LogP contribution in [0.15, 0.2) is 68.4 Å². The summed E-state index contributed by atoms with van der Waals surface area (Å²) in [5.74, 6) is 1.12. The van der Waals surface area contributed by atoms with E-state index in [1.54, 1.807) is 18.2 Å². The molecular formula is C24H17NO5. The fourth-order valence-electron chi connectivity index (χ4n) is 3.61. The lowest BCUT2D eigenvalue weighted by atomic mass is 10.1. The van der Waals surface area contributed by atoms with E-state index in [1.165, 1.54) is 26.5 Å². The van der Waals surface area contributed by atoms with Crippen LogP contribution in [-0.4, -0.2) is 19.2 Å². The zero-order chi connectivity index (χ0) is 20.7. The first-order chi connectivity index (χ1) is 14.7.